The molecule has 1 N–H and O–H groups in total. The second kappa shape index (κ2) is 8.11. The van der Waals surface area contributed by atoms with Crippen LogP contribution in [0, 0.1) is 0 Å². The highest BCUT2D eigenvalue weighted by Gasteiger charge is 2.41. The summed E-state index contributed by atoms with van der Waals surface area (Å²) in [5, 5.41) is 3.09. The predicted molar refractivity (Wildman–Crippen MR) is 93.6 cm³/mol. The summed E-state index contributed by atoms with van der Waals surface area (Å²) in [5.41, 5.74) is 0. The lowest BCUT2D eigenvalue weighted by atomic mass is 10.2. The molecule has 0 saturated carbocycles. The zero-order chi connectivity index (χ0) is 19.5. The highest BCUT2D eigenvalue weighted by atomic mass is 32.2. The largest absolute Gasteiger partial charge is 0.403 e. The zero-order valence-corrected chi connectivity index (χ0v) is 16.3. The summed E-state index contributed by atoms with van der Waals surface area (Å²) in [6.45, 7) is 8.34. The Bertz CT molecular complexity index is 568. The van der Waals surface area contributed by atoms with E-state index in [0.29, 0.717) is 25.6 Å². The van der Waals surface area contributed by atoms with E-state index in [1.807, 2.05) is 11.8 Å². The van der Waals surface area contributed by atoms with E-state index in [-0.39, 0.29) is 19.6 Å². The van der Waals surface area contributed by atoms with Crippen molar-refractivity contribution >= 4 is 15.8 Å². The van der Waals surface area contributed by atoms with Gasteiger partial charge in [0.1, 0.15) is 6.04 Å². The molecule has 1 atom stereocenters. The molecule has 1 aliphatic rings. The first-order valence-corrected chi connectivity index (χ1v) is 10.2. The molecule has 1 unspecified atom stereocenters. The Labute approximate surface area is 148 Å². The number of alkyl halides is 3. The normalized spacial score (nSPS) is 19.8. The van der Waals surface area contributed by atoms with E-state index < -0.39 is 26.8 Å². The fourth-order valence-corrected chi connectivity index (χ4v) is 2.64. The van der Waals surface area contributed by atoms with Crippen molar-refractivity contribution in [3.63, 3.8) is 0 Å². The van der Waals surface area contributed by atoms with Crippen LogP contribution in [-0.4, -0.2) is 86.7 Å². The van der Waals surface area contributed by atoms with Crippen LogP contribution < -0.4 is 5.32 Å². The average molecular weight is 386 g/mol. The van der Waals surface area contributed by atoms with Gasteiger partial charge in [-0.3, -0.25) is 9.89 Å². The van der Waals surface area contributed by atoms with Crippen molar-refractivity contribution in [2.45, 2.75) is 44.7 Å². The number of rotatable bonds is 5. The van der Waals surface area contributed by atoms with Gasteiger partial charge in [0.05, 0.1) is 11.3 Å². The van der Waals surface area contributed by atoms with Crippen LogP contribution in [0.4, 0.5) is 13.2 Å². The molecule has 0 aromatic rings. The molecule has 1 rings (SSSR count). The van der Waals surface area contributed by atoms with Gasteiger partial charge in [-0.25, -0.2) is 8.42 Å². The van der Waals surface area contributed by atoms with E-state index in [2.05, 4.69) is 10.3 Å². The Morgan fingerprint density at radius 2 is 1.72 bits per heavy atom. The van der Waals surface area contributed by atoms with Gasteiger partial charge in [-0.05, 0) is 27.7 Å². The van der Waals surface area contributed by atoms with E-state index in [9.17, 15) is 21.6 Å². The molecule has 0 radical (unpaired) electrons. The summed E-state index contributed by atoms with van der Waals surface area (Å²) in [5.74, 6) is 0.540. The summed E-state index contributed by atoms with van der Waals surface area (Å²) in [4.78, 5) is 7.69. The molecule has 148 valence electrons. The van der Waals surface area contributed by atoms with Crippen LogP contribution in [0.3, 0.4) is 0 Å². The monoisotopic (exact) mass is 386 g/mol. The van der Waals surface area contributed by atoms with Gasteiger partial charge in [0.15, 0.2) is 15.8 Å². The SMILES string of the molecule is CCNC(=NCC(C)(C)S(C)(=O)=O)N1CCN(C(C)C(F)(F)F)CC1. The topological polar surface area (TPSA) is 65.0 Å². The van der Waals surface area contributed by atoms with E-state index in [4.69, 9.17) is 0 Å². The highest BCUT2D eigenvalue weighted by Crippen LogP contribution is 2.25. The van der Waals surface area contributed by atoms with Crippen LogP contribution in [0.1, 0.15) is 27.7 Å². The Morgan fingerprint density at radius 1 is 1.20 bits per heavy atom. The number of aliphatic imine (C=N–C) groups is 1. The summed E-state index contributed by atoms with van der Waals surface area (Å²) < 4.78 is 61.1. The van der Waals surface area contributed by atoms with Crippen molar-refractivity contribution in [3.8, 4) is 0 Å². The fourth-order valence-electron chi connectivity index (χ4n) is 2.34. The van der Waals surface area contributed by atoms with Gasteiger partial charge in [0.25, 0.3) is 0 Å². The van der Waals surface area contributed by atoms with Gasteiger partial charge in [0, 0.05) is 39.0 Å². The minimum absolute atomic E-state index is 0.0906. The molecule has 1 saturated heterocycles. The molecular formula is C15H29F3N4O2S. The second-order valence-electron chi connectivity index (χ2n) is 6.94. The third-order valence-corrected chi connectivity index (χ3v) is 6.72. The molecule has 0 amide bonds. The number of hydrogen-bond acceptors (Lipinski definition) is 4. The van der Waals surface area contributed by atoms with Gasteiger partial charge in [0.2, 0.25) is 0 Å². The van der Waals surface area contributed by atoms with Crippen molar-refractivity contribution in [1.82, 2.24) is 15.1 Å². The van der Waals surface area contributed by atoms with Gasteiger partial charge in [-0.2, -0.15) is 13.2 Å². The number of nitrogens with one attached hydrogen (secondary N) is 1. The van der Waals surface area contributed by atoms with Crippen LogP contribution in [0.5, 0.6) is 0 Å². The van der Waals surface area contributed by atoms with E-state index in [1.165, 1.54) is 18.1 Å². The molecule has 25 heavy (non-hydrogen) atoms. The molecule has 0 bridgehead atoms. The lowest BCUT2D eigenvalue weighted by Gasteiger charge is -2.39. The smallest absolute Gasteiger partial charge is 0.357 e. The summed E-state index contributed by atoms with van der Waals surface area (Å²) in [7, 11) is -3.27. The average Bonchev–Trinajstić information content (AvgIpc) is 2.49. The lowest BCUT2D eigenvalue weighted by Crippen LogP contribution is -2.57. The highest BCUT2D eigenvalue weighted by molar-refractivity contribution is 7.92. The van der Waals surface area contributed by atoms with Crippen molar-refractivity contribution in [2.24, 2.45) is 4.99 Å². The second-order valence-corrected chi connectivity index (χ2v) is 9.59. The quantitative estimate of drug-likeness (QED) is 0.571. The number of sulfone groups is 1. The summed E-state index contributed by atoms with van der Waals surface area (Å²) in [6, 6.07) is -1.47. The molecule has 1 heterocycles. The van der Waals surface area contributed by atoms with Crippen LogP contribution in [0.25, 0.3) is 0 Å². The summed E-state index contributed by atoms with van der Waals surface area (Å²) >= 11 is 0. The van der Waals surface area contributed by atoms with Crippen LogP contribution in [0.2, 0.25) is 0 Å². The van der Waals surface area contributed by atoms with Crippen molar-refractivity contribution < 1.29 is 21.6 Å². The number of guanidine groups is 1. The van der Waals surface area contributed by atoms with Crippen LogP contribution in [0.15, 0.2) is 4.99 Å². The lowest BCUT2D eigenvalue weighted by molar-refractivity contribution is -0.181. The molecule has 1 fully saturated rings. The number of halogens is 3. The zero-order valence-electron chi connectivity index (χ0n) is 15.5. The summed E-state index contributed by atoms with van der Waals surface area (Å²) in [6.07, 6.45) is -3.06. The molecule has 6 nitrogen and oxygen atoms in total. The molecule has 0 spiro atoms. The molecule has 0 aromatic carbocycles. The maximum absolute atomic E-state index is 12.8. The van der Waals surface area contributed by atoms with Crippen molar-refractivity contribution in [2.75, 3.05) is 45.5 Å². The van der Waals surface area contributed by atoms with Gasteiger partial charge >= 0.3 is 6.18 Å². The molecule has 0 aliphatic carbocycles. The van der Waals surface area contributed by atoms with E-state index in [1.54, 1.807) is 13.8 Å². The first-order chi connectivity index (χ1) is 11.3. The van der Waals surface area contributed by atoms with Gasteiger partial charge in [-0.1, -0.05) is 0 Å². The molecule has 10 heteroatoms. The maximum atomic E-state index is 12.8. The number of hydrogen-bond donors (Lipinski definition) is 1. The Hall–Kier alpha value is -1.03. The minimum Gasteiger partial charge on any atom is -0.357 e. The Balaban J connectivity index is 2.78. The first-order valence-electron chi connectivity index (χ1n) is 8.33. The third kappa shape index (κ3) is 6.02. The fraction of sp³-hybridized carbons (Fsp3) is 0.933. The van der Waals surface area contributed by atoms with Crippen LogP contribution in [-0.2, 0) is 9.84 Å². The molecule has 0 aromatic heterocycles. The number of piperazine rings is 1. The van der Waals surface area contributed by atoms with Crippen molar-refractivity contribution in [3.05, 3.63) is 0 Å². The van der Waals surface area contributed by atoms with E-state index in [0.717, 1.165) is 0 Å². The Morgan fingerprint density at radius 3 is 2.12 bits per heavy atom. The third-order valence-electron chi connectivity index (χ3n) is 4.58. The van der Waals surface area contributed by atoms with Crippen LogP contribution >= 0.6 is 0 Å². The van der Waals surface area contributed by atoms with Gasteiger partial charge in [-0.15, -0.1) is 0 Å². The minimum atomic E-state index is -4.24. The standard InChI is InChI=1S/C15H29F3N4O2S/c1-6-19-13(20-11-14(3,4)25(5,23)24)22-9-7-21(8-10-22)12(2)15(16,17)18/h12H,6-11H2,1-5H3,(H,19,20). The molecule has 1 aliphatic heterocycles. The Kier molecular flexibility index (Phi) is 7.14. The predicted octanol–water partition coefficient (Wildman–Crippen LogP) is 1.34. The van der Waals surface area contributed by atoms with Crippen molar-refractivity contribution in [1.29, 1.82) is 0 Å². The molecular weight excluding hydrogens is 357 g/mol. The van der Waals surface area contributed by atoms with Gasteiger partial charge < -0.3 is 10.2 Å². The number of nitrogens with zero attached hydrogens (tertiary/aromatic N) is 3. The maximum Gasteiger partial charge on any atom is 0.403 e. The first kappa shape index (κ1) is 22.0. The van der Waals surface area contributed by atoms with E-state index >= 15 is 0 Å².